The molecule has 0 heterocycles. The second-order valence-electron chi connectivity index (χ2n) is 5.54. The number of carbonyl (C=O) groups is 1. The summed E-state index contributed by atoms with van der Waals surface area (Å²) in [5, 5.41) is 3.11. The van der Waals surface area contributed by atoms with Crippen molar-refractivity contribution in [1.82, 2.24) is 5.32 Å². The third-order valence-corrected chi connectivity index (χ3v) is 3.49. The summed E-state index contributed by atoms with van der Waals surface area (Å²) in [6.45, 7) is 4.49. The molecule has 1 aromatic rings. The van der Waals surface area contributed by atoms with Gasteiger partial charge in [-0.25, -0.2) is 0 Å². The molecule has 0 unspecified atom stereocenters. The fourth-order valence-electron chi connectivity index (χ4n) is 2.16. The van der Waals surface area contributed by atoms with Crippen molar-refractivity contribution in [2.75, 3.05) is 6.54 Å². The largest absolute Gasteiger partial charge is 0.347 e. The molecular formula is C16H20N2O. The highest BCUT2D eigenvalue weighted by Gasteiger charge is 2.38. The minimum atomic E-state index is -0.129. The molecule has 2 rings (SSSR count). The standard InChI is InChI=1S/C16H20N2O/c1-16(2,14-8-9-14)18-15(19)13-7-3-5-12(11-13)6-4-10-17/h3,5,7,11,14H,8-10,17H2,1-2H3,(H,18,19). The number of nitrogens with one attached hydrogen (secondary N) is 1. The van der Waals surface area contributed by atoms with E-state index in [-0.39, 0.29) is 11.4 Å². The van der Waals surface area contributed by atoms with E-state index in [0.29, 0.717) is 18.0 Å². The van der Waals surface area contributed by atoms with E-state index in [1.165, 1.54) is 12.8 Å². The molecule has 0 spiro atoms. The number of amides is 1. The van der Waals surface area contributed by atoms with Crippen molar-refractivity contribution >= 4 is 5.91 Å². The summed E-state index contributed by atoms with van der Waals surface area (Å²) in [6.07, 6.45) is 2.41. The van der Waals surface area contributed by atoms with Gasteiger partial charge in [0, 0.05) is 16.7 Å². The Bertz CT molecular complexity index is 533. The molecule has 0 aromatic heterocycles. The molecule has 1 aliphatic rings. The van der Waals surface area contributed by atoms with Gasteiger partial charge in [0.1, 0.15) is 0 Å². The van der Waals surface area contributed by atoms with Crippen LogP contribution in [0.25, 0.3) is 0 Å². The van der Waals surface area contributed by atoms with E-state index in [4.69, 9.17) is 5.73 Å². The van der Waals surface area contributed by atoms with Crippen molar-refractivity contribution in [2.24, 2.45) is 11.7 Å². The lowest BCUT2D eigenvalue weighted by molar-refractivity contribution is 0.0903. The first kappa shape index (κ1) is 13.6. The van der Waals surface area contributed by atoms with Gasteiger partial charge in [0.2, 0.25) is 0 Å². The Morgan fingerprint density at radius 3 is 2.84 bits per heavy atom. The van der Waals surface area contributed by atoms with E-state index >= 15 is 0 Å². The minimum absolute atomic E-state index is 0.0340. The van der Waals surface area contributed by atoms with Crippen LogP contribution < -0.4 is 11.1 Å². The quantitative estimate of drug-likeness (QED) is 0.812. The molecule has 0 bridgehead atoms. The van der Waals surface area contributed by atoms with E-state index in [1.54, 1.807) is 6.07 Å². The average Bonchev–Trinajstić information content (AvgIpc) is 3.20. The van der Waals surface area contributed by atoms with Crippen molar-refractivity contribution in [3.05, 3.63) is 35.4 Å². The van der Waals surface area contributed by atoms with Crippen LogP contribution in [0.2, 0.25) is 0 Å². The van der Waals surface area contributed by atoms with Gasteiger partial charge in [-0.1, -0.05) is 17.9 Å². The first-order chi connectivity index (χ1) is 9.03. The van der Waals surface area contributed by atoms with Crippen LogP contribution in [0.15, 0.2) is 24.3 Å². The van der Waals surface area contributed by atoms with Crippen LogP contribution in [0.3, 0.4) is 0 Å². The fraction of sp³-hybridized carbons (Fsp3) is 0.438. The summed E-state index contributed by atoms with van der Waals surface area (Å²) in [5.41, 5.74) is 6.69. The van der Waals surface area contributed by atoms with Crippen molar-refractivity contribution < 1.29 is 4.79 Å². The monoisotopic (exact) mass is 256 g/mol. The minimum Gasteiger partial charge on any atom is -0.347 e. The summed E-state index contributed by atoms with van der Waals surface area (Å²) in [5.74, 6) is 6.31. The molecule has 0 saturated heterocycles. The van der Waals surface area contributed by atoms with Crippen LogP contribution >= 0.6 is 0 Å². The van der Waals surface area contributed by atoms with Gasteiger partial charge in [-0.2, -0.15) is 0 Å². The molecule has 0 radical (unpaired) electrons. The highest BCUT2D eigenvalue weighted by atomic mass is 16.1. The highest BCUT2D eigenvalue weighted by molar-refractivity contribution is 5.95. The molecule has 3 heteroatoms. The third-order valence-electron chi connectivity index (χ3n) is 3.49. The summed E-state index contributed by atoms with van der Waals surface area (Å²) in [7, 11) is 0. The molecule has 1 saturated carbocycles. The third kappa shape index (κ3) is 3.59. The van der Waals surface area contributed by atoms with Gasteiger partial charge in [-0.05, 0) is 50.8 Å². The van der Waals surface area contributed by atoms with Crippen LogP contribution in [0, 0.1) is 17.8 Å². The Hall–Kier alpha value is -1.79. The molecule has 1 fully saturated rings. The van der Waals surface area contributed by atoms with Crippen molar-refractivity contribution in [2.45, 2.75) is 32.2 Å². The molecule has 1 aliphatic carbocycles. The van der Waals surface area contributed by atoms with Crippen LogP contribution in [0.4, 0.5) is 0 Å². The lowest BCUT2D eigenvalue weighted by Gasteiger charge is -2.26. The van der Waals surface area contributed by atoms with Gasteiger partial charge < -0.3 is 11.1 Å². The number of carbonyl (C=O) groups excluding carboxylic acids is 1. The highest BCUT2D eigenvalue weighted by Crippen LogP contribution is 2.39. The molecule has 19 heavy (non-hydrogen) atoms. The van der Waals surface area contributed by atoms with E-state index < -0.39 is 0 Å². The number of rotatable bonds is 3. The molecule has 1 amide bonds. The smallest absolute Gasteiger partial charge is 0.251 e. The molecule has 0 aliphatic heterocycles. The zero-order valence-electron chi connectivity index (χ0n) is 11.5. The predicted octanol–water partition coefficient (Wildman–Crippen LogP) is 1.92. The van der Waals surface area contributed by atoms with Gasteiger partial charge in [0.15, 0.2) is 0 Å². The predicted molar refractivity (Wildman–Crippen MR) is 76.6 cm³/mol. The Kier molecular flexibility index (Phi) is 3.92. The van der Waals surface area contributed by atoms with Crippen LogP contribution in [0.5, 0.6) is 0 Å². The van der Waals surface area contributed by atoms with Crippen LogP contribution in [0.1, 0.15) is 42.6 Å². The molecule has 100 valence electrons. The van der Waals surface area contributed by atoms with Crippen molar-refractivity contribution in [3.63, 3.8) is 0 Å². The SMILES string of the molecule is CC(C)(NC(=O)c1cccc(C#CCN)c1)C1CC1. The Morgan fingerprint density at radius 2 is 2.21 bits per heavy atom. The Morgan fingerprint density at radius 1 is 1.47 bits per heavy atom. The molecular weight excluding hydrogens is 236 g/mol. The fourth-order valence-corrected chi connectivity index (χ4v) is 2.16. The Balaban J connectivity index is 2.10. The zero-order chi connectivity index (χ0) is 13.9. The summed E-state index contributed by atoms with van der Waals surface area (Å²) in [4.78, 5) is 12.2. The molecule has 3 nitrogen and oxygen atoms in total. The second kappa shape index (κ2) is 5.46. The second-order valence-corrected chi connectivity index (χ2v) is 5.54. The van der Waals surface area contributed by atoms with Gasteiger partial charge in [-0.3, -0.25) is 4.79 Å². The Labute approximate surface area is 114 Å². The van der Waals surface area contributed by atoms with Crippen molar-refractivity contribution in [3.8, 4) is 11.8 Å². The molecule has 0 atom stereocenters. The number of hydrogen-bond acceptors (Lipinski definition) is 2. The zero-order valence-corrected chi connectivity index (χ0v) is 11.5. The first-order valence-electron chi connectivity index (χ1n) is 6.64. The summed E-state index contributed by atoms with van der Waals surface area (Å²) < 4.78 is 0. The number of hydrogen-bond donors (Lipinski definition) is 2. The molecule has 3 N–H and O–H groups in total. The normalized spacial score (nSPS) is 14.5. The topological polar surface area (TPSA) is 55.1 Å². The lowest BCUT2D eigenvalue weighted by Crippen LogP contribution is -2.45. The lowest BCUT2D eigenvalue weighted by atomic mass is 9.98. The maximum atomic E-state index is 12.2. The summed E-state index contributed by atoms with van der Waals surface area (Å²) in [6, 6.07) is 7.35. The first-order valence-corrected chi connectivity index (χ1v) is 6.64. The maximum absolute atomic E-state index is 12.2. The van der Waals surface area contributed by atoms with Gasteiger partial charge in [0.25, 0.3) is 5.91 Å². The maximum Gasteiger partial charge on any atom is 0.251 e. The van der Waals surface area contributed by atoms with Crippen LogP contribution in [-0.2, 0) is 0 Å². The van der Waals surface area contributed by atoms with Crippen molar-refractivity contribution in [1.29, 1.82) is 0 Å². The van der Waals surface area contributed by atoms with E-state index in [1.807, 2.05) is 18.2 Å². The average molecular weight is 256 g/mol. The van der Waals surface area contributed by atoms with E-state index in [0.717, 1.165) is 5.56 Å². The van der Waals surface area contributed by atoms with Gasteiger partial charge in [-0.15, -0.1) is 0 Å². The number of benzene rings is 1. The summed E-state index contributed by atoms with van der Waals surface area (Å²) >= 11 is 0. The van der Waals surface area contributed by atoms with E-state index in [9.17, 15) is 4.79 Å². The van der Waals surface area contributed by atoms with E-state index in [2.05, 4.69) is 31.0 Å². The number of nitrogens with two attached hydrogens (primary N) is 1. The molecule has 1 aromatic carbocycles. The van der Waals surface area contributed by atoms with Gasteiger partial charge in [0.05, 0.1) is 6.54 Å². The van der Waals surface area contributed by atoms with Crippen LogP contribution in [-0.4, -0.2) is 18.0 Å². The van der Waals surface area contributed by atoms with Gasteiger partial charge >= 0.3 is 0 Å².